The lowest BCUT2D eigenvalue weighted by atomic mass is 10.0. The van der Waals surface area contributed by atoms with Crippen molar-refractivity contribution in [3.05, 3.63) is 134 Å². The zero-order valence-corrected chi connectivity index (χ0v) is 48.9. The second-order valence-electron chi connectivity index (χ2n) is 20.6. The number of hydrogen-bond acceptors (Lipinski definition) is 6. The van der Waals surface area contributed by atoms with Crippen LogP contribution in [0.25, 0.3) is 0 Å². The average Bonchev–Trinajstić information content (AvgIpc) is 3.36. The van der Waals surface area contributed by atoms with Gasteiger partial charge in [-0.05, 0) is 96.3 Å². The van der Waals surface area contributed by atoms with Gasteiger partial charge in [-0.2, -0.15) is 0 Å². The molecule has 9 heteroatoms. The Hall–Kier alpha value is -3.36. The van der Waals surface area contributed by atoms with Crippen molar-refractivity contribution in [1.82, 2.24) is 5.32 Å². The van der Waals surface area contributed by atoms with Crippen molar-refractivity contribution in [2.45, 2.75) is 231 Å². The average molecular weight is 1050 g/mol. The number of aliphatic hydroxyl groups excluding tert-OH is 1. The van der Waals surface area contributed by atoms with Crippen LogP contribution in [0.5, 0.6) is 0 Å². The summed E-state index contributed by atoms with van der Waals surface area (Å²) in [6.07, 6.45) is 82.4. The number of aliphatic hydroxyl groups is 1. The van der Waals surface area contributed by atoms with Crippen LogP contribution in [0.2, 0.25) is 0 Å². The Morgan fingerprint density at radius 1 is 0.486 bits per heavy atom. The number of nitrogens with zero attached hydrogens (tertiary/aromatic N) is 1. The molecule has 1 amide bonds. The third kappa shape index (κ3) is 56.4. The summed E-state index contributed by atoms with van der Waals surface area (Å²) < 4.78 is 23.3. The van der Waals surface area contributed by atoms with Gasteiger partial charge in [0.05, 0.1) is 39.9 Å². The predicted molar refractivity (Wildman–Crippen MR) is 320 cm³/mol. The molecule has 74 heavy (non-hydrogen) atoms. The van der Waals surface area contributed by atoms with Gasteiger partial charge in [0, 0.05) is 6.42 Å². The zero-order valence-electron chi connectivity index (χ0n) is 48.0. The van der Waals surface area contributed by atoms with Crippen molar-refractivity contribution in [2.24, 2.45) is 0 Å². The molecular weight excluding hydrogens is 936 g/mol. The van der Waals surface area contributed by atoms with Crippen LogP contribution in [-0.4, -0.2) is 68.5 Å². The summed E-state index contributed by atoms with van der Waals surface area (Å²) in [5, 5.41) is 13.9. The van der Waals surface area contributed by atoms with Gasteiger partial charge in [-0.3, -0.25) is 9.36 Å². The highest BCUT2D eigenvalue weighted by atomic mass is 31.2. The van der Waals surface area contributed by atoms with E-state index in [0.717, 1.165) is 128 Å². The van der Waals surface area contributed by atoms with Crippen molar-refractivity contribution >= 4 is 13.7 Å². The number of phosphoric acid groups is 1. The maximum Gasteiger partial charge on any atom is 0.268 e. The first-order valence-electron chi connectivity index (χ1n) is 29.5. The SMILES string of the molecule is CC/C=C\C/C=C\C/C=C\C/C=C\C/C=C\C/C=C\C/C=C\C/C=C\C/C=C\C/C=C\CCCCCCCCC(=O)NC(COP(=O)([O-])OCC[N+](C)(C)C)C(O)/C=C/CCCCCCCCCCCCCCC. The molecule has 8 nitrogen and oxygen atoms in total. The number of amides is 1. The number of allylic oxidation sites excluding steroid dienone is 21. The highest BCUT2D eigenvalue weighted by molar-refractivity contribution is 7.45. The molecule has 0 saturated heterocycles. The molecule has 0 rings (SSSR count). The van der Waals surface area contributed by atoms with Crippen LogP contribution in [0.1, 0.15) is 219 Å². The fourth-order valence-electron chi connectivity index (χ4n) is 7.77. The van der Waals surface area contributed by atoms with Gasteiger partial charge in [0.1, 0.15) is 13.2 Å². The first-order valence-corrected chi connectivity index (χ1v) is 31.0. The minimum atomic E-state index is -4.61. The number of quaternary nitrogens is 1. The number of carbonyl (C=O) groups is 1. The number of carbonyl (C=O) groups excluding carboxylic acids is 1. The molecule has 3 unspecified atom stereocenters. The van der Waals surface area contributed by atoms with Crippen LogP contribution in [0.3, 0.4) is 0 Å². The first kappa shape index (κ1) is 70.6. The van der Waals surface area contributed by atoms with E-state index in [1.54, 1.807) is 6.08 Å². The van der Waals surface area contributed by atoms with Crippen LogP contribution in [0, 0.1) is 0 Å². The molecule has 0 radical (unpaired) electrons. The van der Waals surface area contributed by atoms with Crippen LogP contribution >= 0.6 is 7.82 Å². The summed E-state index contributed by atoms with van der Waals surface area (Å²) in [7, 11) is 1.23. The van der Waals surface area contributed by atoms with Crippen molar-refractivity contribution in [3.63, 3.8) is 0 Å². The summed E-state index contributed by atoms with van der Waals surface area (Å²) in [5.74, 6) is -0.218. The van der Waals surface area contributed by atoms with E-state index in [9.17, 15) is 19.4 Å². The lowest BCUT2D eigenvalue weighted by Crippen LogP contribution is -2.45. The summed E-state index contributed by atoms with van der Waals surface area (Å²) in [6, 6.07) is -0.904. The number of nitrogens with one attached hydrogen (secondary N) is 1. The van der Waals surface area contributed by atoms with Gasteiger partial charge in [0.25, 0.3) is 7.82 Å². The third-order valence-corrected chi connectivity index (χ3v) is 13.3. The second-order valence-corrected chi connectivity index (χ2v) is 22.0. The molecule has 422 valence electrons. The topological polar surface area (TPSA) is 108 Å². The van der Waals surface area contributed by atoms with Crippen LogP contribution in [-0.2, 0) is 18.4 Å². The van der Waals surface area contributed by atoms with E-state index < -0.39 is 26.6 Å². The van der Waals surface area contributed by atoms with Crippen molar-refractivity contribution in [3.8, 4) is 0 Å². The second kappa shape index (κ2) is 54.4. The smallest absolute Gasteiger partial charge is 0.268 e. The summed E-state index contributed by atoms with van der Waals surface area (Å²) >= 11 is 0. The van der Waals surface area contributed by atoms with Crippen molar-refractivity contribution in [2.75, 3.05) is 40.9 Å². The minimum Gasteiger partial charge on any atom is -0.756 e. The van der Waals surface area contributed by atoms with Gasteiger partial charge in [-0.15, -0.1) is 0 Å². The molecule has 0 aliphatic carbocycles. The molecule has 2 N–H and O–H groups in total. The molecule has 0 aromatic carbocycles. The standard InChI is InChI=1S/C65H111N2O6P/c1-6-8-10-12-14-16-18-20-22-23-24-25-26-27-28-29-30-31-32-33-34-35-36-37-38-39-40-41-42-43-45-47-49-51-53-55-57-59-65(69)66-63(62-73-74(70,71)72-61-60-67(3,4)5)64(68)58-56-54-52-50-48-46-44-21-19-17-15-13-11-9-7-2/h8,10,14,16,20,22,24-25,27-28,30-31,33-34,36-37,39-40,42-43,56,58,63-64,68H,6-7,9,11-13,15,17-19,21,23,26,29,32,35,38,41,44-55,57,59-62H2,1-5H3,(H-,66,69,70,71)/b10-8-,16-14-,22-20-,25-24-,28-27-,31-30-,34-33-,37-36-,40-39-,43-42-,58-56+. The molecule has 0 aliphatic rings. The Morgan fingerprint density at radius 2 is 0.824 bits per heavy atom. The van der Waals surface area contributed by atoms with Crippen LogP contribution < -0.4 is 10.2 Å². The number of likely N-dealkylation sites (N-methyl/N-ethyl adjacent to an activating group) is 1. The number of phosphoric ester groups is 1. The molecule has 0 heterocycles. The van der Waals surface area contributed by atoms with E-state index in [-0.39, 0.29) is 12.5 Å². The molecule has 0 bridgehead atoms. The predicted octanol–water partition coefficient (Wildman–Crippen LogP) is 17.7. The van der Waals surface area contributed by atoms with E-state index >= 15 is 0 Å². The van der Waals surface area contributed by atoms with E-state index in [1.807, 2.05) is 27.2 Å². The summed E-state index contributed by atoms with van der Waals surface area (Å²) in [6.45, 7) is 4.51. The molecule has 0 aromatic heterocycles. The monoisotopic (exact) mass is 1050 g/mol. The van der Waals surface area contributed by atoms with E-state index in [2.05, 4.69) is 141 Å². The van der Waals surface area contributed by atoms with Gasteiger partial charge < -0.3 is 28.8 Å². The van der Waals surface area contributed by atoms with Gasteiger partial charge in [-0.1, -0.05) is 250 Å². The van der Waals surface area contributed by atoms with E-state index in [0.29, 0.717) is 17.4 Å². The number of unbranched alkanes of at least 4 members (excludes halogenated alkanes) is 19. The van der Waals surface area contributed by atoms with Gasteiger partial charge >= 0.3 is 0 Å². The Balaban J connectivity index is 4.21. The number of hydrogen-bond donors (Lipinski definition) is 2. The Labute approximate surface area is 456 Å². The fraction of sp³-hybridized carbons (Fsp3) is 0.646. The molecule has 0 fully saturated rings. The Bertz CT molecular complexity index is 1660. The van der Waals surface area contributed by atoms with Gasteiger partial charge in [0.2, 0.25) is 5.91 Å². The maximum atomic E-state index is 13.0. The fourth-order valence-corrected chi connectivity index (χ4v) is 8.49. The highest BCUT2D eigenvalue weighted by Crippen LogP contribution is 2.38. The molecule has 0 spiro atoms. The molecule has 0 aliphatic heterocycles. The van der Waals surface area contributed by atoms with Crippen LogP contribution in [0.4, 0.5) is 0 Å². The van der Waals surface area contributed by atoms with E-state index in [1.165, 1.54) is 70.6 Å². The molecular formula is C65H111N2O6P. The molecule has 0 aromatic rings. The summed E-state index contributed by atoms with van der Waals surface area (Å²) in [5.41, 5.74) is 0. The lowest BCUT2D eigenvalue weighted by molar-refractivity contribution is -0.870. The van der Waals surface area contributed by atoms with E-state index in [4.69, 9.17) is 9.05 Å². The van der Waals surface area contributed by atoms with Crippen molar-refractivity contribution < 1.29 is 32.9 Å². The molecule has 0 saturated carbocycles. The van der Waals surface area contributed by atoms with Gasteiger partial charge in [0.15, 0.2) is 0 Å². The van der Waals surface area contributed by atoms with Crippen LogP contribution in [0.15, 0.2) is 134 Å². The largest absolute Gasteiger partial charge is 0.756 e. The van der Waals surface area contributed by atoms with Crippen molar-refractivity contribution in [1.29, 1.82) is 0 Å². The molecule has 3 atom stereocenters. The number of rotatable bonds is 52. The third-order valence-electron chi connectivity index (χ3n) is 12.4. The van der Waals surface area contributed by atoms with Gasteiger partial charge in [-0.25, -0.2) is 0 Å². The zero-order chi connectivity index (χ0) is 54.2. The minimum absolute atomic E-state index is 0.0109. The Morgan fingerprint density at radius 3 is 1.20 bits per heavy atom. The Kier molecular flexibility index (Phi) is 52.0. The highest BCUT2D eigenvalue weighted by Gasteiger charge is 2.23. The first-order chi connectivity index (χ1) is 36.0. The maximum absolute atomic E-state index is 13.0. The normalized spacial score (nSPS) is 14.9. The lowest BCUT2D eigenvalue weighted by Gasteiger charge is -2.29. The quantitative estimate of drug-likeness (QED) is 0.0272. The summed E-state index contributed by atoms with van der Waals surface area (Å²) in [4.78, 5) is 25.5.